The summed E-state index contributed by atoms with van der Waals surface area (Å²) in [6.45, 7) is 3.14. The molecule has 0 bridgehead atoms. The summed E-state index contributed by atoms with van der Waals surface area (Å²) in [5, 5.41) is 2.15. The van der Waals surface area contributed by atoms with E-state index in [2.05, 4.69) is 5.32 Å². The van der Waals surface area contributed by atoms with Gasteiger partial charge in [0.05, 0.1) is 0 Å². The maximum absolute atomic E-state index is 11.4. The summed E-state index contributed by atoms with van der Waals surface area (Å²) in [6.07, 6.45) is 0.442. The summed E-state index contributed by atoms with van der Waals surface area (Å²) in [6, 6.07) is -0.557. The summed E-state index contributed by atoms with van der Waals surface area (Å²) in [5.41, 5.74) is 4.03. The van der Waals surface area contributed by atoms with Crippen LogP contribution in [0, 0.1) is 0 Å². The standard InChI is InChI=1S/C8H13N3O3/c1-3-8(2)6(13)10-7(14)11(8)4-5(9)12/h3-4H2,1-2H3,(H2,9,12)(H,10,13,14). The van der Waals surface area contributed by atoms with Crippen molar-refractivity contribution in [2.45, 2.75) is 25.8 Å². The van der Waals surface area contributed by atoms with E-state index in [9.17, 15) is 14.4 Å². The average molecular weight is 199 g/mol. The number of hydrogen-bond acceptors (Lipinski definition) is 3. The molecule has 0 radical (unpaired) electrons. The van der Waals surface area contributed by atoms with E-state index in [0.29, 0.717) is 6.42 Å². The highest BCUT2D eigenvalue weighted by molar-refractivity contribution is 6.07. The Morgan fingerprint density at radius 3 is 2.57 bits per heavy atom. The van der Waals surface area contributed by atoms with Crippen LogP contribution in [0.4, 0.5) is 4.79 Å². The van der Waals surface area contributed by atoms with Crippen molar-refractivity contribution in [2.24, 2.45) is 5.73 Å². The molecule has 0 aromatic carbocycles. The van der Waals surface area contributed by atoms with E-state index in [4.69, 9.17) is 5.73 Å². The van der Waals surface area contributed by atoms with Gasteiger partial charge in [-0.2, -0.15) is 0 Å². The zero-order chi connectivity index (χ0) is 10.9. The highest BCUT2D eigenvalue weighted by Crippen LogP contribution is 2.24. The number of carbonyl (C=O) groups excluding carboxylic acids is 3. The van der Waals surface area contributed by atoms with E-state index in [1.54, 1.807) is 13.8 Å². The molecule has 1 atom stereocenters. The van der Waals surface area contributed by atoms with Crippen LogP contribution in [0.3, 0.4) is 0 Å². The number of primary amides is 1. The predicted octanol–water partition coefficient (Wildman–Crippen LogP) is -0.808. The Bertz CT molecular complexity index is 302. The van der Waals surface area contributed by atoms with Crippen LogP contribution in [0.25, 0.3) is 0 Å². The third kappa shape index (κ3) is 1.43. The minimum absolute atomic E-state index is 0.234. The fourth-order valence-corrected chi connectivity index (χ4v) is 1.40. The SMILES string of the molecule is CCC1(C)C(=O)NC(=O)N1CC(N)=O. The van der Waals surface area contributed by atoms with Crippen molar-refractivity contribution in [3.63, 3.8) is 0 Å². The number of carbonyl (C=O) groups is 3. The zero-order valence-electron chi connectivity index (χ0n) is 8.16. The molecular formula is C8H13N3O3. The lowest BCUT2D eigenvalue weighted by atomic mass is 9.97. The molecule has 6 nitrogen and oxygen atoms in total. The van der Waals surface area contributed by atoms with Crippen LogP contribution < -0.4 is 11.1 Å². The molecule has 14 heavy (non-hydrogen) atoms. The van der Waals surface area contributed by atoms with Gasteiger partial charge in [-0.05, 0) is 13.3 Å². The summed E-state index contributed by atoms with van der Waals surface area (Å²) in [7, 11) is 0. The predicted molar refractivity (Wildman–Crippen MR) is 48.1 cm³/mol. The van der Waals surface area contributed by atoms with Gasteiger partial charge in [0.2, 0.25) is 5.91 Å². The molecule has 78 valence electrons. The van der Waals surface area contributed by atoms with Crippen molar-refractivity contribution in [1.29, 1.82) is 0 Å². The molecule has 1 heterocycles. The van der Waals surface area contributed by atoms with E-state index >= 15 is 0 Å². The fourth-order valence-electron chi connectivity index (χ4n) is 1.40. The van der Waals surface area contributed by atoms with E-state index < -0.39 is 17.5 Å². The van der Waals surface area contributed by atoms with Crippen LogP contribution in [0.2, 0.25) is 0 Å². The molecule has 0 spiro atoms. The Kier molecular flexibility index (Phi) is 2.46. The third-order valence-corrected chi connectivity index (χ3v) is 2.55. The summed E-state index contributed by atoms with van der Waals surface area (Å²) < 4.78 is 0. The lowest BCUT2D eigenvalue weighted by molar-refractivity contribution is -0.127. The van der Waals surface area contributed by atoms with Crippen molar-refractivity contribution < 1.29 is 14.4 Å². The van der Waals surface area contributed by atoms with Crippen molar-refractivity contribution >= 4 is 17.8 Å². The van der Waals surface area contributed by atoms with Gasteiger partial charge >= 0.3 is 6.03 Å². The second-order valence-electron chi connectivity index (χ2n) is 3.44. The van der Waals surface area contributed by atoms with Gasteiger partial charge in [0.1, 0.15) is 12.1 Å². The quantitative estimate of drug-likeness (QED) is 0.582. The van der Waals surface area contributed by atoms with Gasteiger partial charge in [-0.3, -0.25) is 14.9 Å². The van der Waals surface area contributed by atoms with E-state index in [1.807, 2.05) is 0 Å². The molecule has 6 heteroatoms. The van der Waals surface area contributed by atoms with E-state index in [-0.39, 0.29) is 12.5 Å². The number of imide groups is 1. The number of nitrogens with one attached hydrogen (secondary N) is 1. The minimum Gasteiger partial charge on any atom is -0.368 e. The average Bonchev–Trinajstić information content (AvgIpc) is 2.30. The molecule has 1 unspecified atom stereocenters. The van der Waals surface area contributed by atoms with Gasteiger partial charge in [0, 0.05) is 0 Å². The molecular weight excluding hydrogens is 186 g/mol. The van der Waals surface area contributed by atoms with Crippen LogP contribution in [-0.4, -0.2) is 34.8 Å². The molecule has 0 aliphatic carbocycles. The second-order valence-corrected chi connectivity index (χ2v) is 3.44. The molecule has 1 saturated heterocycles. The third-order valence-electron chi connectivity index (χ3n) is 2.55. The molecule has 1 aliphatic heterocycles. The lowest BCUT2D eigenvalue weighted by Gasteiger charge is -2.29. The van der Waals surface area contributed by atoms with Crippen molar-refractivity contribution in [1.82, 2.24) is 10.2 Å². The van der Waals surface area contributed by atoms with Gasteiger partial charge in [-0.1, -0.05) is 6.92 Å². The Morgan fingerprint density at radius 1 is 1.57 bits per heavy atom. The zero-order valence-corrected chi connectivity index (χ0v) is 8.16. The Hall–Kier alpha value is -1.59. The molecule has 0 saturated carbocycles. The molecule has 3 N–H and O–H groups in total. The number of nitrogens with zero attached hydrogens (tertiary/aromatic N) is 1. The molecule has 1 fully saturated rings. The van der Waals surface area contributed by atoms with Crippen LogP contribution in [0.15, 0.2) is 0 Å². The van der Waals surface area contributed by atoms with Gasteiger partial charge in [0.25, 0.3) is 5.91 Å². The number of rotatable bonds is 3. The van der Waals surface area contributed by atoms with Gasteiger partial charge in [-0.25, -0.2) is 4.79 Å². The first-order chi connectivity index (χ1) is 6.41. The fraction of sp³-hybridized carbons (Fsp3) is 0.625. The molecule has 1 aliphatic rings. The summed E-state index contributed by atoms with van der Waals surface area (Å²) >= 11 is 0. The lowest BCUT2D eigenvalue weighted by Crippen LogP contribution is -2.49. The van der Waals surface area contributed by atoms with E-state index in [0.717, 1.165) is 4.90 Å². The molecule has 1 rings (SSSR count). The van der Waals surface area contributed by atoms with Crippen LogP contribution in [0.5, 0.6) is 0 Å². The van der Waals surface area contributed by atoms with Crippen LogP contribution >= 0.6 is 0 Å². The summed E-state index contributed by atoms with van der Waals surface area (Å²) in [4.78, 5) is 34.5. The first-order valence-electron chi connectivity index (χ1n) is 4.33. The summed E-state index contributed by atoms with van der Waals surface area (Å²) in [5.74, 6) is -1.01. The second kappa shape index (κ2) is 3.28. The number of hydrogen-bond donors (Lipinski definition) is 2. The van der Waals surface area contributed by atoms with E-state index in [1.165, 1.54) is 0 Å². The first kappa shape index (κ1) is 10.5. The monoisotopic (exact) mass is 199 g/mol. The smallest absolute Gasteiger partial charge is 0.325 e. The van der Waals surface area contributed by atoms with Gasteiger partial charge in [-0.15, -0.1) is 0 Å². The maximum Gasteiger partial charge on any atom is 0.325 e. The van der Waals surface area contributed by atoms with Crippen molar-refractivity contribution in [2.75, 3.05) is 6.54 Å². The van der Waals surface area contributed by atoms with Crippen molar-refractivity contribution in [3.8, 4) is 0 Å². The maximum atomic E-state index is 11.4. The van der Waals surface area contributed by atoms with Crippen LogP contribution in [0.1, 0.15) is 20.3 Å². The van der Waals surface area contributed by atoms with Gasteiger partial charge < -0.3 is 10.6 Å². The number of urea groups is 1. The largest absolute Gasteiger partial charge is 0.368 e. The van der Waals surface area contributed by atoms with Gasteiger partial charge in [0.15, 0.2) is 0 Å². The number of nitrogens with two attached hydrogens (primary N) is 1. The first-order valence-corrected chi connectivity index (χ1v) is 4.33. The normalized spacial score (nSPS) is 26.6. The highest BCUT2D eigenvalue weighted by atomic mass is 16.2. The molecule has 4 amide bonds. The molecule has 0 aromatic heterocycles. The van der Waals surface area contributed by atoms with Crippen LogP contribution in [-0.2, 0) is 9.59 Å². The Labute approximate surface area is 81.4 Å². The topological polar surface area (TPSA) is 92.5 Å². The Morgan fingerprint density at radius 2 is 2.14 bits per heavy atom. The molecule has 0 aromatic rings. The van der Waals surface area contributed by atoms with Crippen molar-refractivity contribution in [3.05, 3.63) is 0 Å². The number of amides is 4. The minimum atomic E-state index is -0.952. The Balaban J connectivity index is 2.95. The highest BCUT2D eigenvalue weighted by Gasteiger charge is 2.48.